The molecule has 1 aromatic heterocycles. The van der Waals surface area contributed by atoms with Crippen molar-refractivity contribution in [3.8, 4) is 16.9 Å². The van der Waals surface area contributed by atoms with Gasteiger partial charge in [-0.3, -0.25) is 9.78 Å². The Morgan fingerprint density at radius 2 is 1.82 bits per heavy atom. The van der Waals surface area contributed by atoms with Gasteiger partial charge in [-0.05, 0) is 81.0 Å². The predicted molar refractivity (Wildman–Crippen MR) is 154 cm³/mol. The lowest BCUT2D eigenvalue weighted by molar-refractivity contribution is 0.101. The number of likely N-dealkylation sites (N-methyl/N-ethyl adjacent to an activating group) is 1. The topological polar surface area (TPSA) is 68.7 Å². The van der Waals surface area contributed by atoms with E-state index in [0.717, 1.165) is 61.2 Å². The average Bonchev–Trinajstić information content (AvgIpc) is 2.89. The summed E-state index contributed by atoms with van der Waals surface area (Å²) < 4.78 is 14.2. The third-order valence-corrected chi connectivity index (χ3v) is 8.19. The molecular formula is C29H35Cl2FN4O2. The first kappa shape index (κ1) is 28.6. The molecular weight excluding hydrogens is 526 g/mol. The van der Waals surface area contributed by atoms with Crippen molar-refractivity contribution in [1.29, 1.82) is 0 Å². The number of carbonyl (C=O) groups excluding carboxylic acids is 1. The van der Waals surface area contributed by atoms with Crippen molar-refractivity contribution in [3.63, 3.8) is 0 Å². The summed E-state index contributed by atoms with van der Waals surface area (Å²) in [7, 11) is 2.19. The Hall–Kier alpha value is -2.45. The number of hydrogen-bond acceptors (Lipinski definition) is 6. The van der Waals surface area contributed by atoms with E-state index in [-0.39, 0.29) is 29.3 Å². The predicted octanol–water partition coefficient (Wildman–Crippen LogP) is 6.24. The number of pyridine rings is 1. The summed E-state index contributed by atoms with van der Waals surface area (Å²) >= 11 is 6.03. The van der Waals surface area contributed by atoms with E-state index in [2.05, 4.69) is 27.1 Å². The van der Waals surface area contributed by atoms with Gasteiger partial charge in [-0.2, -0.15) is 0 Å². The standard InChI is InChI=1S/C29H34ClFN4O2.ClH/c1-18(36)24-16-32-27-8-5-20(21-14-25(30)29(37)26(31)15-21)13-23(27)28(24)33-22-6-3-19(4-7-22)17-35-11-9-34(2)10-12-35;/h5,8,13-16,19,22,37H,3-4,6-7,9-12,17H2,1-2H3,(H,32,33);1H. The quantitative estimate of drug-likeness (QED) is 0.347. The highest BCUT2D eigenvalue weighted by Crippen LogP contribution is 2.37. The number of rotatable bonds is 6. The molecule has 0 unspecified atom stereocenters. The highest BCUT2D eigenvalue weighted by Gasteiger charge is 2.26. The number of piperazine rings is 1. The summed E-state index contributed by atoms with van der Waals surface area (Å²) in [5, 5.41) is 14.2. The molecule has 38 heavy (non-hydrogen) atoms. The summed E-state index contributed by atoms with van der Waals surface area (Å²) in [6.07, 6.45) is 6.08. The van der Waals surface area contributed by atoms with Crippen LogP contribution in [0.3, 0.4) is 0 Å². The Kier molecular flexibility index (Phi) is 9.14. The summed E-state index contributed by atoms with van der Waals surface area (Å²) in [6, 6.07) is 8.70. The van der Waals surface area contributed by atoms with Crippen LogP contribution in [0.15, 0.2) is 36.5 Å². The fourth-order valence-electron chi connectivity index (χ4n) is 5.62. The van der Waals surface area contributed by atoms with Gasteiger partial charge in [0.25, 0.3) is 0 Å². The van der Waals surface area contributed by atoms with E-state index < -0.39 is 11.6 Å². The van der Waals surface area contributed by atoms with Crippen molar-refractivity contribution in [2.75, 3.05) is 45.1 Å². The van der Waals surface area contributed by atoms with Crippen LogP contribution in [-0.4, -0.2) is 71.5 Å². The molecule has 0 atom stereocenters. The molecule has 0 radical (unpaired) electrons. The second-order valence-electron chi connectivity index (χ2n) is 10.6. The Morgan fingerprint density at radius 1 is 1.11 bits per heavy atom. The third kappa shape index (κ3) is 6.23. The highest BCUT2D eigenvalue weighted by molar-refractivity contribution is 6.32. The average molecular weight is 562 g/mol. The summed E-state index contributed by atoms with van der Waals surface area (Å²) in [6.45, 7) is 7.32. The van der Waals surface area contributed by atoms with Crippen molar-refractivity contribution in [2.45, 2.75) is 38.6 Å². The number of carbonyl (C=O) groups is 1. The van der Waals surface area contributed by atoms with Crippen molar-refractivity contribution in [1.82, 2.24) is 14.8 Å². The highest BCUT2D eigenvalue weighted by atomic mass is 35.5. The number of phenols is 1. The van der Waals surface area contributed by atoms with Crippen LogP contribution in [0, 0.1) is 11.7 Å². The number of ketones is 1. The zero-order valence-electron chi connectivity index (χ0n) is 21.8. The summed E-state index contributed by atoms with van der Waals surface area (Å²) in [5.41, 5.74) is 3.37. The van der Waals surface area contributed by atoms with Gasteiger partial charge >= 0.3 is 0 Å². The van der Waals surface area contributed by atoms with Crippen molar-refractivity contribution in [2.24, 2.45) is 5.92 Å². The number of aromatic hydroxyl groups is 1. The maximum Gasteiger partial charge on any atom is 0.170 e. The first-order valence-corrected chi connectivity index (χ1v) is 13.5. The minimum Gasteiger partial charge on any atom is -0.504 e. The number of Topliss-reactive ketones (excluding diaryl/α,β-unsaturated/α-hetero) is 1. The van der Waals surface area contributed by atoms with E-state index in [1.165, 1.54) is 31.5 Å². The first-order chi connectivity index (χ1) is 17.8. The molecule has 0 spiro atoms. The molecule has 9 heteroatoms. The Morgan fingerprint density at radius 3 is 2.47 bits per heavy atom. The van der Waals surface area contributed by atoms with E-state index in [1.807, 2.05) is 18.2 Å². The lowest BCUT2D eigenvalue weighted by Crippen LogP contribution is -2.46. The van der Waals surface area contributed by atoms with Crippen molar-refractivity contribution in [3.05, 3.63) is 52.9 Å². The number of nitrogens with zero attached hydrogens (tertiary/aromatic N) is 3. The van der Waals surface area contributed by atoms with Crippen molar-refractivity contribution >= 4 is 46.4 Å². The molecule has 1 aliphatic carbocycles. The second kappa shape index (κ2) is 12.2. The molecule has 0 bridgehead atoms. The van der Waals surface area contributed by atoms with Crippen LogP contribution in [0.2, 0.25) is 5.02 Å². The van der Waals surface area contributed by atoms with E-state index in [9.17, 15) is 14.3 Å². The van der Waals surface area contributed by atoms with E-state index in [1.54, 1.807) is 13.1 Å². The molecule has 2 aromatic carbocycles. The fraction of sp³-hybridized carbons (Fsp3) is 0.448. The van der Waals surface area contributed by atoms with Gasteiger partial charge in [-0.1, -0.05) is 17.7 Å². The van der Waals surface area contributed by atoms with Gasteiger partial charge in [0, 0.05) is 50.3 Å². The maximum atomic E-state index is 14.2. The molecule has 2 fully saturated rings. The fourth-order valence-corrected chi connectivity index (χ4v) is 5.82. The Bertz CT molecular complexity index is 1280. The van der Waals surface area contributed by atoms with Crippen LogP contribution < -0.4 is 5.32 Å². The number of halogens is 3. The summed E-state index contributed by atoms with van der Waals surface area (Å²) in [4.78, 5) is 22.0. The van der Waals surface area contributed by atoms with Crippen LogP contribution in [0.25, 0.3) is 22.0 Å². The van der Waals surface area contributed by atoms with Gasteiger partial charge in [0.05, 0.1) is 21.8 Å². The molecule has 1 saturated heterocycles. The molecule has 2 heterocycles. The largest absolute Gasteiger partial charge is 0.504 e. The van der Waals surface area contributed by atoms with Gasteiger partial charge < -0.3 is 20.2 Å². The van der Waals surface area contributed by atoms with Crippen LogP contribution in [0.5, 0.6) is 5.75 Å². The van der Waals surface area contributed by atoms with Crippen LogP contribution in [-0.2, 0) is 0 Å². The van der Waals surface area contributed by atoms with Gasteiger partial charge in [0.1, 0.15) is 0 Å². The van der Waals surface area contributed by atoms with Gasteiger partial charge in [-0.15, -0.1) is 12.4 Å². The number of fused-ring (bicyclic) bond motifs is 1. The zero-order valence-corrected chi connectivity index (χ0v) is 23.4. The van der Waals surface area contributed by atoms with Gasteiger partial charge in [0.15, 0.2) is 17.3 Å². The molecule has 204 valence electrons. The molecule has 1 saturated carbocycles. The van der Waals surface area contributed by atoms with E-state index >= 15 is 0 Å². The van der Waals surface area contributed by atoms with Crippen LogP contribution in [0.4, 0.5) is 10.1 Å². The lowest BCUT2D eigenvalue weighted by atomic mass is 9.85. The minimum atomic E-state index is -0.773. The molecule has 1 aliphatic heterocycles. The number of phenolic OH excluding ortho intramolecular Hbond substituents is 1. The second-order valence-corrected chi connectivity index (χ2v) is 11.0. The molecule has 2 aliphatic rings. The van der Waals surface area contributed by atoms with E-state index in [4.69, 9.17) is 11.6 Å². The maximum absolute atomic E-state index is 14.2. The SMILES string of the molecule is CC(=O)c1cnc2ccc(-c3cc(F)c(O)c(Cl)c3)cc2c1NC1CCC(CN2CCN(C)CC2)CC1.Cl. The zero-order chi connectivity index (χ0) is 26.1. The van der Waals surface area contributed by atoms with Crippen molar-refractivity contribution < 1.29 is 14.3 Å². The molecule has 3 aromatic rings. The van der Waals surface area contributed by atoms with Gasteiger partial charge in [0.2, 0.25) is 0 Å². The number of hydrogen-bond donors (Lipinski definition) is 2. The van der Waals surface area contributed by atoms with E-state index in [0.29, 0.717) is 17.0 Å². The molecule has 2 N–H and O–H groups in total. The number of aromatic nitrogens is 1. The van der Waals surface area contributed by atoms with Crippen LogP contribution in [0.1, 0.15) is 43.0 Å². The lowest BCUT2D eigenvalue weighted by Gasteiger charge is -2.37. The van der Waals surface area contributed by atoms with Gasteiger partial charge in [-0.25, -0.2) is 4.39 Å². The normalized spacial score (nSPS) is 20.7. The summed E-state index contributed by atoms with van der Waals surface area (Å²) in [5.74, 6) is -0.671. The minimum absolute atomic E-state index is 0. The molecule has 5 rings (SSSR count). The molecule has 6 nitrogen and oxygen atoms in total. The monoisotopic (exact) mass is 560 g/mol. The van der Waals surface area contributed by atoms with Crippen LogP contribution >= 0.6 is 24.0 Å². The molecule has 0 amide bonds. The smallest absolute Gasteiger partial charge is 0.170 e. The Balaban J connectivity index is 0.00000336. The number of anilines is 1. The third-order valence-electron chi connectivity index (χ3n) is 7.90. The number of nitrogens with one attached hydrogen (secondary N) is 1. The first-order valence-electron chi connectivity index (χ1n) is 13.1. The number of benzene rings is 2. The Labute approximate surface area is 234 Å².